The van der Waals surface area contributed by atoms with Gasteiger partial charge in [0.05, 0.1) is 19.8 Å². The molecule has 0 fully saturated rings. The second kappa shape index (κ2) is 8.31. The smallest absolute Gasteiger partial charge is 0.239 e. The van der Waals surface area contributed by atoms with Crippen molar-refractivity contribution in [3.05, 3.63) is 24.0 Å². The fourth-order valence-electron chi connectivity index (χ4n) is 1.42. The lowest BCUT2D eigenvalue weighted by molar-refractivity contribution is -0.119. The van der Waals surface area contributed by atoms with Crippen LogP contribution in [0.3, 0.4) is 0 Å². The lowest BCUT2D eigenvalue weighted by atomic mass is 10.3. The van der Waals surface area contributed by atoms with E-state index >= 15 is 0 Å². The molecular formula is C13H19FN2O3. The summed E-state index contributed by atoms with van der Waals surface area (Å²) in [6, 6.07) is 4.49. The third-order valence-corrected chi connectivity index (χ3v) is 2.31. The highest BCUT2D eigenvalue weighted by Gasteiger charge is 2.05. The first-order valence-corrected chi connectivity index (χ1v) is 6.09. The van der Waals surface area contributed by atoms with Crippen LogP contribution in [0.2, 0.25) is 0 Å². The summed E-state index contributed by atoms with van der Waals surface area (Å²) in [6.07, 6.45) is 0. The number of rotatable bonds is 8. The molecule has 0 bridgehead atoms. The Morgan fingerprint density at radius 1 is 1.42 bits per heavy atom. The minimum absolute atomic E-state index is 0.0805. The van der Waals surface area contributed by atoms with Crippen molar-refractivity contribution in [1.82, 2.24) is 5.32 Å². The Morgan fingerprint density at radius 2 is 2.21 bits per heavy atom. The van der Waals surface area contributed by atoms with Crippen molar-refractivity contribution >= 4 is 11.6 Å². The van der Waals surface area contributed by atoms with Crippen molar-refractivity contribution in [1.29, 1.82) is 0 Å². The van der Waals surface area contributed by atoms with Crippen molar-refractivity contribution in [2.24, 2.45) is 0 Å². The van der Waals surface area contributed by atoms with E-state index in [0.717, 1.165) is 0 Å². The zero-order chi connectivity index (χ0) is 14.1. The molecule has 0 atom stereocenters. The first kappa shape index (κ1) is 15.2. The van der Waals surface area contributed by atoms with E-state index in [-0.39, 0.29) is 18.2 Å². The number of nitrogens with one attached hydrogen (secondary N) is 2. The van der Waals surface area contributed by atoms with Crippen LogP contribution in [0.4, 0.5) is 10.1 Å². The van der Waals surface area contributed by atoms with Gasteiger partial charge < -0.3 is 20.1 Å². The molecule has 5 nitrogen and oxygen atoms in total. The average molecular weight is 270 g/mol. The minimum atomic E-state index is -0.452. The Labute approximate surface area is 112 Å². The molecule has 0 radical (unpaired) electrons. The first-order chi connectivity index (χ1) is 9.17. The summed E-state index contributed by atoms with van der Waals surface area (Å²) in [6.45, 7) is 3.19. The van der Waals surface area contributed by atoms with Crippen LogP contribution in [0.5, 0.6) is 5.75 Å². The predicted octanol–water partition coefficient (Wildman–Crippen LogP) is 1.40. The van der Waals surface area contributed by atoms with Gasteiger partial charge in [-0.15, -0.1) is 0 Å². The maximum atomic E-state index is 13.5. The number of hydrogen-bond donors (Lipinski definition) is 2. The Balaban J connectivity index is 2.41. The molecule has 1 aromatic rings. The molecule has 0 aliphatic heterocycles. The molecular weight excluding hydrogens is 251 g/mol. The van der Waals surface area contributed by atoms with Gasteiger partial charge in [-0.25, -0.2) is 4.39 Å². The summed E-state index contributed by atoms with van der Waals surface area (Å²) in [4.78, 5) is 11.4. The Kier molecular flexibility index (Phi) is 6.67. The van der Waals surface area contributed by atoms with Gasteiger partial charge in [0, 0.05) is 25.4 Å². The monoisotopic (exact) mass is 270 g/mol. The lowest BCUT2D eigenvalue weighted by Crippen LogP contribution is -2.32. The van der Waals surface area contributed by atoms with Crippen LogP contribution in [0.25, 0.3) is 0 Å². The minimum Gasteiger partial charge on any atom is -0.491 e. The van der Waals surface area contributed by atoms with E-state index in [4.69, 9.17) is 9.47 Å². The van der Waals surface area contributed by atoms with E-state index in [0.29, 0.717) is 25.4 Å². The SMILES string of the molecule is CCOc1ccc(NCC(=O)NCCOC)cc1F. The zero-order valence-corrected chi connectivity index (χ0v) is 11.2. The molecule has 1 rings (SSSR count). The summed E-state index contributed by atoms with van der Waals surface area (Å²) in [5.74, 6) is -0.421. The van der Waals surface area contributed by atoms with Gasteiger partial charge in [-0.1, -0.05) is 0 Å². The van der Waals surface area contributed by atoms with Crippen molar-refractivity contribution < 1.29 is 18.7 Å². The molecule has 19 heavy (non-hydrogen) atoms. The normalized spacial score (nSPS) is 10.1. The number of ether oxygens (including phenoxy) is 2. The topological polar surface area (TPSA) is 59.6 Å². The van der Waals surface area contributed by atoms with Crippen LogP contribution in [0.1, 0.15) is 6.92 Å². The third-order valence-electron chi connectivity index (χ3n) is 2.31. The van der Waals surface area contributed by atoms with Gasteiger partial charge in [-0.2, -0.15) is 0 Å². The van der Waals surface area contributed by atoms with Crippen LogP contribution in [0.15, 0.2) is 18.2 Å². The Hall–Kier alpha value is -1.82. The molecule has 6 heteroatoms. The van der Waals surface area contributed by atoms with Crippen LogP contribution < -0.4 is 15.4 Å². The van der Waals surface area contributed by atoms with Crippen molar-refractivity contribution in [3.63, 3.8) is 0 Å². The number of methoxy groups -OCH3 is 1. The van der Waals surface area contributed by atoms with Crippen LogP contribution >= 0.6 is 0 Å². The maximum absolute atomic E-state index is 13.5. The van der Waals surface area contributed by atoms with E-state index in [9.17, 15) is 9.18 Å². The number of amides is 1. The van der Waals surface area contributed by atoms with Gasteiger partial charge in [-0.3, -0.25) is 4.79 Å². The van der Waals surface area contributed by atoms with Gasteiger partial charge >= 0.3 is 0 Å². The molecule has 0 aromatic heterocycles. The highest BCUT2D eigenvalue weighted by molar-refractivity contribution is 5.80. The summed E-state index contributed by atoms with van der Waals surface area (Å²) >= 11 is 0. The number of benzene rings is 1. The highest BCUT2D eigenvalue weighted by atomic mass is 19.1. The van der Waals surface area contributed by atoms with E-state index in [1.807, 2.05) is 0 Å². The number of carbonyl (C=O) groups is 1. The average Bonchev–Trinajstić information content (AvgIpc) is 2.40. The standard InChI is InChI=1S/C13H19FN2O3/c1-3-19-12-5-4-10(8-11(12)14)16-9-13(17)15-6-7-18-2/h4-5,8,16H,3,6-7,9H2,1-2H3,(H,15,17). The third kappa shape index (κ3) is 5.56. The van der Waals surface area contributed by atoms with Gasteiger partial charge in [0.1, 0.15) is 0 Å². The predicted molar refractivity (Wildman–Crippen MR) is 70.9 cm³/mol. The summed E-state index contributed by atoms with van der Waals surface area (Å²) in [5.41, 5.74) is 0.530. The highest BCUT2D eigenvalue weighted by Crippen LogP contribution is 2.20. The molecule has 0 saturated heterocycles. The molecule has 0 heterocycles. The fraction of sp³-hybridized carbons (Fsp3) is 0.462. The molecule has 0 saturated carbocycles. The van der Waals surface area contributed by atoms with E-state index in [1.54, 1.807) is 20.1 Å². The van der Waals surface area contributed by atoms with Crippen molar-refractivity contribution in [2.45, 2.75) is 6.92 Å². The summed E-state index contributed by atoms with van der Waals surface area (Å²) in [7, 11) is 1.56. The van der Waals surface area contributed by atoms with E-state index in [1.165, 1.54) is 12.1 Å². The second-order valence-electron chi connectivity index (χ2n) is 3.77. The largest absolute Gasteiger partial charge is 0.491 e. The fourth-order valence-corrected chi connectivity index (χ4v) is 1.42. The van der Waals surface area contributed by atoms with E-state index in [2.05, 4.69) is 10.6 Å². The molecule has 1 aromatic carbocycles. The quantitative estimate of drug-likeness (QED) is 0.701. The number of halogens is 1. The maximum Gasteiger partial charge on any atom is 0.239 e. The zero-order valence-electron chi connectivity index (χ0n) is 11.2. The Bertz CT molecular complexity index is 413. The lowest BCUT2D eigenvalue weighted by Gasteiger charge is -2.09. The number of carbonyl (C=O) groups excluding carboxylic acids is 1. The summed E-state index contributed by atoms with van der Waals surface area (Å²) < 4.78 is 23.4. The molecule has 0 aliphatic rings. The van der Waals surface area contributed by atoms with Crippen LogP contribution in [0, 0.1) is 5.82 Å². The van der Waals surface area contributed by atoms with Gasteiger partial charge in [0.2, 0.25) is 5.91 Å². The van der Waals surface area contributed by atoms with Crippen molar-refractivity contribution in [2.75, 3.05) is 38.7 Å². The van der Waals surface area contributed by atoms with E-state index < -0.39 is 5.82 Å². The van der Waals surface area contributed by atoms with Gasteiger partial charge in [-0.05, 0) is 19.1 Å². The first-order valence-electron chi connectivity index (χ1n) is 6.09. The second-order valence-corrected chi connectivity index (χ2v) is 3.77. The number of anilines is 1. The Morgan fingerprint density at radius 3 is 2.84 bits per heavy atom. The molecule has 0 spiro atoms. The molecule has 0 aliphatic carbocycles. The molecule has 0 unspecified atom stereocenters. The van der Waals surface area contributed by atoms with Crippen molar-refractivity contribution in [3.8, 4) is 5.75 Å². The van der Waals surface area contributed by atoms with Crippen LogP contribution in [-0.2, 0) is 9.53 Å². The van der Waals surface area contributed by atoms with Gasteiger partial charge in [0.25, 0.3) is 0 Å². The van der Waals surface area contributed by atoms with Crippen LogP contribution in [-0.4, -0.2) is 39.3 Å². The number of hydrogen-bond acceptors (Lipinski definition) is 4. The molecule has 2 N–H and O–H groups in total. The summed E-state index contributed by atoms with van der Waals surface area (Å²) in [5, 5.41) is 5.49. The van der Waals surface area contributed by atoms with Gasteiger partial charge in [0.15, 0.2) is 11.6 Å². The molecule has 1 amide bonds. The molecule has 106 valence electrons.